The summed E-state index contributed by atoms with van der Waals surface area (Å²) in [6.07, 6.45) is 3.31. The number of benzene rings is 1. The third-order valence-corrected chi connectivity index (χ3v) is 2.39. The number of hydrogen-bond donors (Lipinski definition) is 1. The number of rotatable bonds is 3. The van der Waals surface area contributed by atoms with E-state index in [9.17, 15) is 0 Å². The van der Waals surface area contributed by atoms with Crippen LogP contribution in [-0.2, 0) is 0 Å². The summed E-state index contributed by atoms with van der Waals surface area (Å²) < 4.78 is 5.79. The van der Waals surface area contributed by atoms with Crippen LogP contribution >= 0.6 is 15.9 Å². The average molecular weight is 280 g/mol. The molecule has 1 aromatic heterocycles. The van der Waals surface area contributed by atoms with Gasteiger partial charge >= 0.3 is 0 Å². The number of nitrogens with zero attached hydrogens (tertiary/aromatic N) is 2. The topological polar surface area (TPSA) is 47.0 Å². The Kier molecular flexibility index (Phi) is 3.36. The van der Waals surface area contributed by atoms with Crippen molar-refractivity contribution in [2.75, 3.05) is 12.4 Å². The zero-order valence-corrected chi connectivity index (χ0v) is 10.2. The Labute approximate surface area is 102 Å². The first-order valence-corrected chi connectivity index (χ1v) is 5.46. The molecule has 1 aromatic carbocycles. The van der Waals surface area contributed by atoms with Crippen LogP contribution in [0.15, 0.2) is 41.3 Å². The average Bonchev–Trinajstić information content (AvgIpc) is 2.33. The summed E-state index contributed by atoms with van der Waals surface area (Å²) in [5, 5.41) is 3.13. The molecule has 5 heteroatoms. The van der Waals surface area contributed by atoms with Crippen molar-refractivity contribution in [2.45, 2.75) is 0 Å². The first kappa shape index (κ1) is 10.9. The number of aromatic nitrogens is 2. The monoisotopic (exact) mass is 279 g/mol. The summed E-state index contributed by atoms with van der Waals surface area (Å²) in [5.74, 6) is 1.53. The molecule has 0 spiro atoms. The van der Waals surface area contributed by atoms with Gasteiger partial charge < -0.3 is 10.1 Å². The fourth-order valence-electron chi connectivity index (χ4n) is 1.20. The molecule has 0 aliphatic heterocycles. The summed E-state index contributed by atoms with van der Waals surface area (Å²) in [4.78, 5) is 8.24. The summed E-state index contributed by atoms with van der Waals surface area (Å²) in [6.45, 7) is 0. The first-order chi connectivity index (χ1) is 7.78. The van der Waals surface area contributed by atoms with Crippen molar-refractivity contribution in [3.05, 3.63) is 41.3 Å². The molecule has 0 amide bonds. The van der Waals surface area contributed by atoms with Crippen molar-refractivity contribution < 1.29 is 4.74 Å². The van der Waals surface area contributed by atoms with E-state index in [2.05, 4.69) is 31.2 Å². The van der Waals surface area contributed by atoms with Crippen LogP contribution in [0, 0.1) is 0 Å². The third-order valence-electron chi connectivity index (χ3n) is 1.98. The van der Waals surface area contributed by atoms with Crippen molar-refractivity contribution in [2.24, 2.45) is 0 Å². The van der Waals surface area contributed by atoms with E-state index in [-0.39, 0.29) is 0 Å². The smallest absolute Gasteiger partial charge is 0.148 e. The molecule has 2 rings (SSSR count). The maximum absolute atomic E-state index is 5.07. The predicted molar refractivity (Wildman–Crippen MR) is 66.0 cm³/mol. The van der Waals surface area contributed by atoms with Gasteiger partial charge in [-0.3, -0.25) is 0 Å². The molecule has 0 radical (unpaired) electrons. The Bertz CT molecular complexity index is 456. The zero-order valence-electron chi connectivity index (χ0n) is 8.64. The molecule has 0 saturated heterocycles. The second-order valence-corrected chi connectivity index (χ2v) is 3.89. The van der Waals surface area contributed by atoms with E-state index >= 15 is 0 Å². The molecule has 0 aliphatic carbocycles. The van der Waals surface area contributed by atoms with Crippen LogP contribution in [0.5, 0.6) is 5.75 Å². The van der Waals surface area contributed by atoms with Crippen LogP contribution in [-0.4, -0.2) is 17.1 Å². The van der Waals surface area contributed by atoms with Gasteiger partial charge in [0, 0.05) is 5.69 Å². The highest BCUT2D eigenvalue weighted by molar-refractivity contribution is 9.10. The fraction of sp³-hybridized carbons (Fsp3) is 0.0909. The Hall–Kier alpha value is -1.62. The Morgan fingerprint density at radius 3 is 2.44 bits per heavy atom. The van der Waals surface area contributed by atoms with Gasteiger partial charge in [-0.2, -0.15) is 0 Å². The van der Waals surface area contributed by atoms with Gasteiger partial charge in [-0.15, -0.1) is 0 Å². The SMILES string of the molecule is COc1ccc(Nc2cnc(Br)cn2)cc1. The molecule has 4 nitrogen and oxygen atoms in total. The normalized spacial score (nSPS) is 9.88. The van der Waals surface area contributed by atoms with Crippen LogP contribution in [0.3, 0.4) is 0 Å². The minimum Gasteiger partial charge on any atom is -0.497 e. The van der Waals surface area contributed by atoms with Crippen molar-refractivity contribution >= 4 is 27.4 Å². The highest BCUT2D eigenvalue weighted by Gasteiger charge is 1.97. The summed E-state index contributed by atoms with van der Waals surface area (Å²) >= 11 is 3.23. The molecule has 0 saturated carbocycles. The lowest BCUT2D eigenvalue weighted by Crippen LogP contribution is -1.94. The molecule has 0 bridgehead atoms. The molecule has 0 aliphatic rings. The lowest BCUT2D eigenvalue weighted by atomic mass is 10.3. The number of anilines is 2. The Morgan fingerprint density at radius 1 is 1.12 bits per heavy atom. The van der Waals surface area contributed by atoms with Crippen LogP contribution in [0.2, 0.25) is 0 Å². The van der Waals surface area contributed by atoms with Crippen molar-refractivity contribution in [1.82, 2.24) is 9.97 Å². The maximum Gasteiger partial charge on any atom is 0.148 e. The van der Waals surface area contributed by atoms with Gasteiger partial charge in [0.2, 0.25) is 0 Å². The lowest BCUT2D eigenvalue weighted by molar-refractivity contribution is 0.415. The number of hydrogen-bond acceptors (Lipinski definition) is 4. The van der Waals surface area contributed by atoms with Crippen LogP contribution in [0.4, 0.5) is 11.5 Å². The van der Waals surface area contributed by atoms with E-state index in [0.29, 0.717) is 10.4 Å². The molecule has 0 fully saturated rings. The molecule has 0 atom stereocenters. The molecule has 2 aromatic rings. The van der Waals surface area contributed by atoms with E-state index in [1.54, 1.807) is 19.5 Å². The van der Waals surface area contributed by atoms with Gasteiger partial charge in [0.05, 0.1) is 19.5 Å². The summed E-state index contributed by atoms with van der Waals surface area (Å²) in [5.41, 5.74) is 0.942. The van der Waals surface area contributed by atoms with Crippen molar-refractivity contribution in [1.29, 1.82) is 0 Å². The second kappa shape index (κ2) is 4.94. The molecule has 82 valence electrons. The largest absolute Gasteiger partial charge is 0.497 e. The minimum absolute atomic E-state index is 0.702. The van der Waals surface area contributed by atoms with E-state index in [1.165, 1.54) is 0 Å². The summed E-state index contributed by atoms with van der Waals surface area (Å²) in [6, 6.07) is 7.61. The van der Waals surface area contributed by atoms with Crippen LogP contribution in [0.1, 0.15) is 0 Å². The maximum atomic E-state index is 5.07. The molecule has 1 heterocycles. The van der Waals surface area contributed by atoms with Crippen molar-refractivity contribution in [3.63, 3.8) is 0 Å². The molecule has 1 N–H and O–H groups in total. The van der Waals surface area contributed by atoms with Gasteiger partial charge in [0.15, 0.2) is 0 Å². The molecular weight excluding hydrogens is 270 g/mol. The Morgan fingerprint density at radius 2 is 1.88 bits per heavy atom. The third kappa shape index (κ3) is 2.70. The number of ether oxygens (including phenoxy) is 1. The van der Waals surface area contributed by atoms with E-state index in [1.807, 2.05) is 24.3 Å². The Balaban J connectivity index is 2.11. The molecular formula is C11H10BrN3O. The quantitative estimate of drug-likeness (QED) is 0.938. The van der Waals surface area contributed by atoms with Crippen LogP contribution < -0.4 is 10.1 Å². The highest BCUT2D eigenvalue weighted by Crippen LogP contribution is 2.18. The minimum atomic E-state index is 0.702. The highest BCUT2D eigenvalue weighted by atomic mass is 79.9. The van der Waals surface area contributed by atoms with E-state index in [4.69, 9.17) is 4.74 Å². The van der Waals surface area contributed by atoms with Gasteiger partial charge in [0.25, 0.3) is 0 Å². The van der Waals surface area contributed by atoms with Gasteiger partial charge in [0.1, 0.15) is 16.2 Å². The standard InChI is InChI=1S/C11H10BrN3O/c1-16-9-4-2-8(3-5-9)15-11-7-13-10(12)6-14-11/h2-7H,1H3,(H,14,15). The van der Waals surface area contributed by atoms with E-state index < -0.39 is 0 Å². The van der Waals surface area contributed by atoms with E-state index in [0.717, 1.165) is 11.4 Å². The molecule has 16 heavy (non-hydrogen) atoms. The second-order valence-electron chi connectivity index (χ2n) is 3.08. The number of nitrogens with one attached hydrogen (secondary N) is 1. The van der Waals surface area contributed by atoms with Gasteiger partial charge in [-0.25, -0.2) is 9.97 Å². The first-order valence-electron chi connectivity index (χ1n) is 4.66. The van der Waals surface area contributed by atoms with Gasteiger partial charge in [-0.1, -0.05) is 0 Å². The molecule has 0 unspecified atom stereocenters. The number of methoxy groups -OCH3 is 1. The van der Waals surface area contributed by atoms with Crippen LogP contribution in [0.25, 0.3) is 0 Å². The van der Waals surface area contributed by atoms with Crippen molar-refractivity contribution in [3.8, 4) is 5.75 Å². The predicted octanol–water partition coefficient (Wildman–Crippen LogP) is 2.99. The van der Waals surface area contributed by atoms with Gasteiger partial charge in [-0.05, 0) is 40.2 Å². The lowest BCUT2D eigenvalue weighted by Gasteiger charge is -2.05. The summed E-state index contributed by atoms with van der Waals surface area (Å²) in [7, 11) is 1.64. The fourth-order valence-corrected chi connectivity index (χ4v) is 1.40. The number of halogens is 1. The zero-order chi connectivity index (χ0) is 11.4.